The molecule has 1 saturated heterocycles. The number of hydrogen-bond acceptors (Lipinski definition) is 2. The van der Waals surface area contributed by atoms with Gasteiger partial charge in [-0.2, -0.15) is 0 Å². The number of piperidine rings is 1. The molecule has 2 unspecified atom stereocenters. The number of hydrogen-bond donors (Lipinski definition) is 1. The Hall–Kier alpha value is -1.28. The van der Waals surface area contributed by atoms with Crippen LogP contribution in [0, 0.1) is 5.92 Å². The van der Waals surface area contributed by atoms with Crippen LogP contribution >= 0.6 is 0 Å². The molecule has 0 aromatic heterocycles. The number of rotatable bonds is 2. The molecule has 1 aromatic rings. The van der Waals surface area contributed by atoms with Gasteiger partial charge >= 0.3 is 0 Å². The Labute approximate surface area is 115 Å². The van der Waals surface area contributed by atoms with Gasteiger partial charge in [-0.05, 0) is 54.0 Å². The summed E-state index contributed by atoms with van der Waals surface area (Å²) in [5.41, 5.74) is 2.99. The van der Waals surface area contributed by atoms with E-state index in [0.29, 0.717) is 17.7 Å². The van der Waals surface area contributed by atoms with E-state index in [4.69, 9.17) is 0 Å². The van der Waals surface area contributed by atoms with Gasteiger partial charge in [0.25, 0.3) is 0 Å². The van der Waals surface area contributed by atoms with E-state index in [9.17, 15) is 5.11 Å². The molecule has 1 aromatic carbocycles. The van der Waals surface area contributed by atoms with Crippen molar-refractivity contribution in [1.82, 2.24) is 4.90 Å². The van der Waals surface area contributed by atoms with Crippen molar-refractivity contribution >= 4 is 0 Å². The summed E-state index contributed by atoms with van der Waals surface area (Å²) in [5, 5.41) is 9.80. The van der Waals surface area contributed by atoms with E-state index in [0.717, 1.165) is 25.9 Å². The number of phenolic OH excluding ortho intramolecular Hbond substituents is 1. The SMILES string of the molecule is C=CCN1CC[C@]2(C)c3cc(O)ccc3CC1C2C. The van der Waals surface area contributed by atoms with Crippen molar-refractivity contribution in [3.8, 4) is 5.75 Å². The van der Waals surface area contributed by atoms with E-state index in [-0.39, 0.29) is 5.41 Å². The van der Waals surface area contributed by atoms with Gasteiger partial charge in [-0.15, -0.1) is 6.58 Å². The zero-order chi connectivity index (χ0) is 13.6. The number of likely N-dealkylation sites (tertiary alicyclic amines) is 1. The summed E-state index contributed by atoms with van der Waals surface area (Å²) in [6, 6.07) is 6.53. The Kier molecular flexibility index (Phi) is 2.94. The van der Waals surface area contributed by atoms with Crippen LogP contribution in [0.15, 0.2) is 30.9 Å². The molecule has 0 radical (unpaired) electrons. The van der Waals surface area contributed by atoms with Crippen molar-refractivity contribution in [2.75, 3.05) is 13.1 Å². The Morgan fingerprint density at radius 1 is 1.53 bits per heavy atom. The van der Waals surface area contributed by atoms with E-state index >= 15 is 0 Å². The molecular formula is C17H23NO. The molecule has 1 fully saturated rings. The zero-order valence-corrected chi connectivity index (χ0v) is 11.9. The van der Waals surface area contributed by atoms with Gasteiger partial charge in [0, 0.05) is 12.6 Å². The first-order valence-corrected chi connectivity index (χ1v) is 7.23. The van der Waals surface area contributed by atoms with Crippen molar-refractivity contribution in [2.24, 2.45) is 5.92 Å². The monoisotopic (exact) mass is 257 g/mol. The summed E-state index contributed by atoms with van der Waals surface area (Å²) >= 11 is 0. The van der Waals surface area contributed by atoms with E-state index in [1.165, 1.54) is 11.1 Å². The van der Waals surface area contributed by atoms with Gasteiger partial charge in [0.05, 0.1) is 0 Å². The van der Waals surface area contributed by atoms with Crippen LogP contribution in [0.3, 0.4) is 0 Å². The lowest BCUT2D eigenvalue weighted by molar-refractivity contribution is 0.0398. The van der Waals surface area contributed by atoms with Crippen molar-refractivity contribution in [2.45, 2.75) is 38.1 Å². The standard InChI is InChI=1S/C17H23NO/c1-4-8-18-9-7-17(3)12(2)16(18)10-13-5-6-14(19)11-15(13)17/h4-6,11-12,16,19H,1,7-10H2,2-3H3/t12?,16?,17-/m0/s1. The molecule has 0 spiro atoms. The summed E-state index contributed by atoms with van der Waals surface area (Å²) in [4.78, 5) is 2.56. The molecule has 1 aliphatic carbocycles. The van der Waals surface area contributed by atoms with Crippen molar-refractivity contribution in [3.63, 3.8) is 0 Å². The van der Waals surface area contributed by atoms with Crippen LogP contribution in [0.5, 0.6) is 5.75 Å². The highest BCUT2D eigenvalue weighted by molar-refractivity contribution is 5.44. The highest BCUT2D eigenvalue weighted by Crippen LogP contribution is 2.49. The largest absolute Gasteiger partial charge is 0.508 e. The lowest BCUT2D eigenvalue weighted by Gasteiger charge is -2.54. The summed E-state index contributed by atoms with van der Waals surface area (Å²) in [6.45, 7) is 10.7. The van der Waals surface area contributed by atoms with Gasteiger partial charge in [0.15, 0.2) is 0 Å². The molecule has 0 amide bonds. The number of aromatic hydroxyl groups is 1. The second kappa shape index (κ2) is 4.38. The van der Waals surface area contributed by atoms with Gasteiger partial charge in [-0.25, -0.2) is 0 Å². The topological polar surface area (TPSA) is 23.5 Å². The van der Waals surface area contributed by atoms with Crippen LogP contribution in [0.4, 0.5) is 0 Å². The van der Waals surface area contributed by atoms with Gasteiger partial charge < -0.3 is 5.11 Å². The van der Waals surface area contributed by atoms with E-state index in [2.05, 4.69) is 31.4 Å². The average molecular weight is 257 g/mol. The molecule has 19 heavy (non-hydrogen) atoms. The molecule has 3 rings (SSSR count). The van der Waals surface area contributed by atoms with Gasteiger partial charge in [-0.3, -0.25) is 4.90 Å². The van der Waals surface area contributed by atoms with Crippen LogP contribution in [-0.4, -0.2) is 29.1 Å². The third kappa shape index (κ3) is 1.81. The fraction of sp³-hybridized carbons (Fsp3) is 0.529. The second-order valence-electron chi connectivity index (χ2n) is 6.35. The van der Waals surface area contributed by atoms with E-state index in [1.54, 1.807) is 0 Å². The van der Waals surface area contributed by atoms with Crippen LogP contribution < -0.4 is 0 Å². The molecule has 2 heteroatoms. The van der Waals surface area contributed by atoms with Crippen LogP contribution in [0.25, 0.3) is 0 Å². The normalized spacial score (nSPS) is 33.8. The Morgan fingerprint density at radius 3 is 3.05 bits per heavy atom. The summed E-state index contributed by atoms with van der Waals surface area (Å²) < 4.78 is 0. The maximum absolute atomic E-state index is 9.80. The van der Waals surface area contributed by atoms with Gasteiger partial charge in [-0.1, -0.05) is 26.0 Å². The number of phenols is 1. The summed E-state index contributed by atoms with van der Waals surface area (Å²) in [7, 11) is 0. The van der Waals surface area contributed by atoms with Crippen molar-refractivity contribution < 1.29 is 5.11 Å². The smallest absolute Gasteiger partial charge is 0.115 e. The molecule has 3 atom stereocenters. The molecule has 2 bridgehead atoms. The molecule has 2 nitrogen and oxygen atoms in total. The highest BCUT2D eigenvalue weighted by atomic mass is 16.3. The fourth-order valence-electron chi connectivity index (χ4n) is 4.09. The number of benzene rings is 1. The number of nitrogens with zero attached hydrogens (tertiary/aromatic N) is 1. The maximum Gasteiger partial charge on any atom is 0.115 e. The second-order valence-corrected chi connectivity index (χ2v) is 6.35. The molecule has 2 aliphatic rings. The van der Waals surface area contributed by atoms with Crippen LogP contribution in [0.1, 0.15) is 31.4 Å². The van der Waals surface area contributed by atoms with Crippen molar-refractivity contribution in [1.29, 1.82) is 0 Å². The predicted octanol–water partition coefficient (Wildman–Crippen LogP) is 3.10. The highest BCUT2D eigenvalue weighted by Gasteiger charge is 2.48. The average Bonchev–Trinajstić information content (AvgIpc) is 2.38. The van der Waals surface area contributed by atoms with Gasteiger partial charge in [0.2, 0.25) is 0 Å². The molecule has 1 N–H and O–H groups in total. The molecule has 1 heterocycles. The minimum absolute atomic E-state index is 0.203. The predicted molar refractivity (Wildman–Crippen MR) is 78.5 cm³/mol. The Balaban J connectivity index is 2.06. The molecular weight excluding hydrogens is 234 g/mol. The Morgan fingerprint density at radius 2 is 2.32 bits per heavy atom. The van der Waals surface area contributed by atoms with E-state index in [1.807, 2.05) is 18.2 Å². The summed E-state index contributed by atoms with van der Waals surface area (Å²) in [6.07, 6.45) is 4.27. The first-order chi connectivity index (χ1) is 9.06. The lowest BCUT2D eigenvalue weighted by Crippen LogP contribution is -2.57. The zero-order valence-electron chi connectivity index (χ0n) is 11.9. The first kappa shape index (κ1) is 12.7. The minimum Gasteiger partial charge on any atom is -0.508 e. The van der Waals surface area contributed by atoms with Crippen molar-refractivity contribution in [3.05, 3.63) is 42.0 Å². The quantitative estimate of drug-likeness (QED) is 0.823. The minimum atomic E-state index is 0.203. The fourth-order valence-corrected chi connectivity index (χ4v) is 4.09. The third-order valence-corrected chi connectivity index (χ3v) is 5.47. The molecule has 102 valence electrons. The maximum atomic E-state index is 9.80. The van der Waals surface area contributed by atoms with Crippen LogP contribution in [-0.2, 0) is 11.8 Å². The third-order valence-electron chi connectivity index (χ3n) is 5.47. The molecule has 1 aliphatic heterocycles. The first-order valence-electron chi connectivity index (χ1n) is 7.23. The summed E-state index contributed by atoms with van der Waals surface area (Å²) in [5.74, 6) is 1.02. The van der Waals surface area contributed by atoms with Gasteiger partial charge in [0.1, 0.15) is 5.75 Å². The van der Waals surface area contributed by atoms with Crippen LogP contribution in [0.2, 0.25) is 0 Å². The molecule has 0 saturated carbocycles. The Bertz CT molecular complexity index is 510. The lowest BCUT2D eigenvalue weighted by atomic mass is 9.59. The number of fused-ring (bicyclic) bond motifs is 4. The van der Waals surface area contributed by atoms with E-state index < -0.39 is 0 Å².